The maximum Gasteiger partial charge on any atom is 0.262 e. The average Bonchev–Trinajstić information content (AvgIpc) is 2.73. The van der Waals surface area contributed by atoms with Crippen molar-refractivity contribution in [3.8, 4) is 0 Å². The van der Waals surface area contributed by atoms with Gasteiger partial charge in [0.05, 0.1) is 4.88 Å². The van der Waals surface area contributed by atoms with Gasteiger partial charge in [0.25, 0.3) is 5.91 Å². The molecule has 1 unspecified atom stereocenters. The van der Waals surface area contributed by atoms with Gasteiger partial charge in [-0.05, 0) is 65.7 Å². The largest absolute Gasteiger partial charge is 0.350 e. The minimum Gasteiger partial charge on any atom is -0.350 e. The Hall–Kier alpha value is -1.95. The number of rotatable bonds is 3. The minimum absolute atomic E-state index is 0.195. The van der Waals surface area contributed by atoms with Crippen LogP contribution in [0.2, 0.25) is 0 Å². The molecule has 0 bridgehead atoms. The van der Waals surface area contributed by atoms with E-state index in [0.29, 0.717) is 4.88 Å². The summed E-state index contributed by atoms with van der Waals surface area (Å²) in [6.07, 6.45) is 0. The van der Waals surface area contributed by atoms with Crippen LogP contribution in [0.1, 0.15) is 54.2 Å². The van der Waals surface area contributed by atoms with E-state index in [4.69, 9.17) is 0 Å². The Morgan fingerprint density at radius 3 is 2.42 bits per heavy atom. The fraction of sp³-hybridized carbons (Fsp3) is 0.500. The summed E-state index contributed by atoms with van der Waals surface area (Å²) in [5, 5.41) is 6.69. The van der Waals surface area contributed by atoms with E-state index in [2.05, 4.69) is 15.6 Å². The van der Waals surface area contributed by atoms with Crippen molar-refractivity contribution in [1.82, 2.24) is 15.6 Å². The first kappa shape index (κ1) is 18.4. The van der Waals surface area contributed by atoms with Gasteiger partial charge in [-0.1, -0.05) is 0 Å². The quantitative estimate of drug-likeness (QED) is 0.895. The summed E-state index contributed by atoms with van der Waals surface area (Å²) >= 11 is 1.37. The summed E-state index contributed by atoms with van der Waals surface area (Å²) in [5.74, 6) is -0.427. The first-order valence-electron chi connectivity index (χ1n) is 8.00. The van der Waals surface area contributed by atoms with E-state index in [1.807, 2.05) is 47.6 Å². The molecule has 0 spiro atoms. The molecule has 5 nitrogen and oxygen atoms in total. The summed E-state index contributed by atoms with van der Waals surface area (Å²) in [5.41, 5.74) is 2.64. The first-order chi connectivity index (χ1) is 11.0. The van der Waals surface area contributed by atoms with Crippen molar-refractivity contribution in [2.75, 3.05) is 0 Å². The monoisotopic (exact) mass is 347 g/mol. The van der Waals surface area contributed by atoms with Gasteiger partial charge in [0.15, 0.2) is 0 Å². The Morgan fingerprint density at radius 2 is 1.83 bits per heavy atom. The van der Waals surface area contributed by atoms with Gasteiger partial charge in [-0.25, -0.2) is 4.98 Å². The van der Waals surface area contributed by atoms with Gasteiger partial charge >= 0.3 is 0 Å². The Kier molecular flexibility index (Phi) is 4.99. The number of fused-ring (bicyclic) bond motifs is 1. The van der Waals surface area contributed by atoms with Crippen LogP contribution in [-0.2, 0) is 4.79 Å². The van der Waals surface area contributed by atoms with Crippen LogP contribution in [0.3, 0.4) is 0 Å². The number of carbonyl (C=O) groups is 2. The van der Waals surface area contributed by atoms with Crippen LogP contribution in [0.5, 0.6) is 0 Å². The lowest BCUT2D eigenvalue weighted by Crippen LogP contribution is -2.50. The third kappa shape index (κ3) is 3.93. The molecular weight excluding hydrogens is 322 g/mol. The number of hydrogen-bond acceptors (Lipinski definition) is 4. The second-order valence-electron chi connectivity index (χ2n) is 7.25. The Morgan fingerprint density at radius 1 is 1.21 bits per heavy atom. The molecule has 0 radical (unpaired) electrons. The third-order valence-electron chi connectivity index (χ3n) is 3.67. The number of hydrogen-bond donors (Lipinski definition) is 2. The number of aryl methyl sites for hydroxylation is 3. The molecule has 0 fully saturated rings. The van der Waals surface area contributed by atoms with Gasteiger partial charge in [0.2, 0.25) is 5.91 Å². The van der Waals surface area contributed by atoms with Crippen LogP contribution in [0.25, 0.3) is 10.2 Å². The average molecular weight is 347 g/mol. The highest BCUT2D eigenvalue weighted by Gasteiger charge is 2.24. The molecule has 2 aromatic heterocycles. The van der Waals surface area contributed by atoms with Gasteiger partial charge in [-0.2, -0.15) is 0 Å². The second-order valence-corrected chi connectivity index (χ2v) is 8.25. The van der Waals surface area contributed by atoms with Gasteiger partial charge in [-0.3, -0.25) is 9.59 Å². The Bertz CT molecular complexity index is 803. The highest BCUT2D eigenvalue weighted by molar-refractivity contribution is 7.20. The van der Waals surface area contributed by atoms with Crippen molar-refractivity contribution in [1.29, 1.82) is 0 Å². The maximum absolute atomic E-state index is 12.6. The van der Waals surface area contributed by atoms with Gasteiger partial charge in [0.1, 0.15) is 10.9 Å². The molecule has 2 amide bonds. The molecule has 0 aliphatic heterocycles. The predicted octanol–water partition coefficient (Wildman–Crippen LogP) is 3.25. The highest BCUT2D eigenvalue weighted by Crippen LogP contribution is 2.32. The SMILES string of the molecule is Cc1cc(C)c2c(C)c(C(=O)NC(C)C(=O)NC(C)(C)C)sc2n1. The van der Waals surface area contributed by atoms with Gasteiger partial charge < -0.3 is 10.6 Å². The third-order valence-corrected chi connectivity index (χ3v) is 4.86. The molecule has 0 aromatic carbocycles. The fourth-order valence-corrected chi connectivity index (χ4v) is 3.85. The van der Waals surface area contributed by atoms with Crippen LogP contribution >= 0.6 is 11.3 Å². The number of nitrogens with zero attached hydrogens (tertiary/aromatic N) is 1. The van der Waals surface area contributed by atoms with Crippen molar-refractivity contribution in [2.45, 2.75) is 60.0 Å². The maximum atomic E-state index is 12.6. The Balaban J connectivity index is 2.24. The Labute approximate surface area is 146 Å². The summed E-state index contributed by atoms with van der Waals surface area (Å²) in [6.45, 7) is 13.3. The molecule has 130 valence electrons. The number of nitrogens with one attached hydrogen (secondary N) is 2. The topological polar surface area (TPSA) is 71.1 Å². The van der Waals surface area contributed by atoms with Crippen molar-refractivity contribution in [3.63, 3.8) is 0 Å². The summed E-state index contributed by atoms with van der Waals surface area (Å²) in [6, 6.07) is 1.42. The smallest absolute Gasteiger partial charge is 0.262 e. The van der Waals surface area contributed by atoms with Crippen LogP contribution in [0.15, 0.2) is 6.07 Å². The standard InChI is InChI=1S/C18H25N3O2S/c1-9-8-10(2)19-17-13(9)11(3)14(24-17)16(23)20-12(4)15(22)21-18(5,6)7/h8,12H,1-7H3,(H,20,23)(H,21,22). The molecule has 0 aliphatic rings. The summed E-state index contributed by atoms with van der Waals surface area (Å²) in [7, 11) is 0. The van der Waals surface area contributed by atoms with Crippen molar-refractivity contribution >= 4 is 33.4 Å². The van der Waals surface area contributed by atoms with E-state index in [-0.39, 0.29) is 17.4 Å². The minimum atomic E-state index is -0.600. The van der Waals surface area contributed by atoms with Gasteiger partial charge in [0, 0.05) is 16.6 Å². The normalized spacial score (nSPS) is 13.0. The molecule has 0 saturated heterocycles. The lowest BCUT2D eigenvalue weighted by molar-refractivity contribution is -0.124. The fourth-order valence-electron chi connectivity index (χ4n) is 2.64. The molecule has 2 aromatic rings. The van der Waals surface area contributed by atoms with Crippen LogP contribution in [0.4, 0.5) is 0 Å². The molecule has 2 rings (SSSR count). The predicted molar refractivity (Wildman–Crippen MR) is 98.7 cm³/mol. The molecule has 0 aliphatic carbocycles. The van der Waals surface area contributed by atoms with Crippen LogP contribution in [-0.4, -0.2) is 28.4 Å². The second kappa shape index (κ2) is 6.51. The van der Waals surface area contributed by atoms with E-state index in [1.165, 1.54) is 11.3 Å². The zero-order chi connectivity index (χ0) is 18.2. The number of amides is 2. The number of pyridine rings is 1. The lowest BCUT2D eigenvalue weighted by atomic mass is 10.1. The summed E-state index contributed by atoms with van der Waals surface area (Å²) in [4.78, 5) is 30.7. The molecule has 2 N–H and O–H groups in total. The number of carbonyl (C=O) groups excluding carboxylic acids is 2. The van der Waals surface area contributed by atoms with E-state index >= 15 is 0 Å². The van der Waals surface area contributed by atoms with E-state index in [9.17, 15) is 9.59 Å². The highest BCUT2D eigenvalue weighted by atomic mass is 32.1. The molecule has 1 atom stereocenters. The summed E-state index contributed by atoms with van der Waals surface area (Å²) < 4.78 is 0. The van der Waals surface area contributed by atoms with Crippen LogP contribution < -0.4 is 10.6 Å². The molecular formula is C18H25N3O2S. The molecule has 24 heavy (non-hydrogen) atoms. The lowest BCUT2D eigenvalue weighted by Gasteiger charge is -2.23. The molecule has 2 heterocycles. The van der Waals surface area contributed by atoms with E-state index < -0.39 is 6.04 Å². The van der Waals surface area contributed by atoms with E-state index in [0.717, 1.165) is 27.0 Å². The zero-order valence-corrected chi connectivity index (χ0v) is 16.1. The van der Waals surface area contributed by atoms with Crippen molar-refractivity contribution < 1.29 is 9.59 Å². The van der Waals surface area contributed by atoms with Crippen molar-refractivity contribution in [2.24, 2.45) is 0 Å². The first-order valence-corrected chi connectivity index (χ1v) is 8.81. The molecule has 6 heteroatoms. The van der Waals surface area contributed by atoms with Crippen molar-refractivity contribution in [3.05, 3.63) is 27.8 Å². The number of thiophene rings is 1. The zero-order valence-electron chi connectivity index (χ0n) is 15.3. The molecule has 0 saturated carbocycles. The number of aromatic nitrogens is 1. The van der Waals surface area contributed by atoms with E-state index in [1.54, 1.807) is 6.92 Å². The van der Waals surface area contributed by atoms with Gasteiger partial charge in [-0.15, -0.1) is 11.3 Å². The van der Waals surface area contributed by atoms with Crippen LogP contribution in [0, 0.1) is 20.8 Å².